The first kappa shape index (κ1) is 12.1. The second-order valence-electron chi connectivity index (χ2n) is 5.24. The number of hydrogen-bond donors (Lipinski definition) is 1. The number of likely N-dealkylation sites (N-methyl/N-ethyl adjacent to an activating group) is 1. The van der Waals surface area contributed by atoms with Crippen LogP contribution in [0.3, 0.4) is 0 Å². The molecule has 0 bridgehead atoms. The van der Waals surface area contributed by atoms with E-state index in [0.717, 1.165) is 12.8 Å². The zero-order valence-corrected chi connectivity index (χ0v) is 10.8. The summed E-state index contributed by atoms with van der Waals surface area (Å²) in [7, 11) is 1.71. The van der Waals surface area contributed by atoms with Crippen molar-refractivity contribution >= 4 is 17.6 Å². The molecule has 6 nitrogen and oxygen atoms in total. The Balaban J connectivity index is 1.75. The number of nitrogens with zero attached hydrogens (tertiary/aromatic N) is 2. The van der Waals surface area contributed by atoms with Gasteiger partial charge in [-0.15, -0.1) is 0 Å². The lowest BCUT2D eigenvalue weighted by Gasteiger charge is -2.12. The standard InChI is InChI=1S/C13H17N3O3/c1-15-5-4-11(12(15)17)19-13(18)10-6-8(14)7-16(10)9-2-3-9/h6-7,9,11H,2-5,14H2,1H3. The number of rotatable bonds is 3. The highest BCUT2D eigenvalue weighted by Gasteiger charge is 2.34. The maximum absolute atomic E-state index is 12.1. The van der Waals surface area contributed by atoms with Crippen molar-refractivity contribution in [3.8, 4) is 0 Å². The minimum Gasteiger partial charge on any atom is -0.448 e. The third kappa shape index (κ3) is 2.18. The number of carbonyl (C=O) groups excluding carboxylic acids is 2. The molecule has 2 aliphatic rings. The third-order valence-electron chi connectivity index (χ3n) is 3.65. The van der Waals surface area contributed by atoms with E-state index in [2.05, 4.69) is 0 Å². The van der Waals surface area contributed by atoms with Crippen molar-refractivity contribution in [2.45, 2.75) is 31.4 Å². The van der Waals surface area contributed by atoms with Gasteiger partial charge in [-0.3, -0.25) is 4.79 Å². The Morgan fingerprint density at radius 2 is 2.16 bits per heavy atom. The second kappa shape index (κ2) is 4.29. The Hall–Kier alpha value is -1.98. The lowest BCUT2D eigenvalue weighted by atomic mass is 10.3. The molecule has 1 unspecified atom stereocenters. The minimum atomic E-state index is -0.652. The number of aromatic nitrogens is 1. The Morgan fingerprint density at radius 3 is 2.74 bits per heavy atom. The Kier molecular flexibility index (Phi) is 2.73. The van der Waals surface area contributed by atoms with Crippen molar-refractivity contribution in [2.24, 2.45) is 0 Å². The number of hydrogen-bond acceptors (Lipinski definition) is 4. The number of esters is 1. The Bertz CT molecular complexity index is 533. The van der Waals surface area contributed by atoms with Crippen LogP contribution in [0.15, 0.2) is 12.3 Å². The van der Waals surface area contributed by atoms with Crippen molar-refractivity contribution < 1.29 is 14.3 Å². The van der Waals surface area contributed by atoms with Gasteiger partial charge in [-0.25, -0.2) is 4.79 Å². The van der Waals surface area contributed by atoms with Crippen molar-refractivity contribution in [3.05, 3.63) is 18.0 Å². The maximum atomic E-state index is 12.1. The van der Waals surface area contributed by atoms with E-state index in [4.69, 9.17) is 10.5 Å². The van der Waals surface area contributed by atoms with E-state index < -0.39 is 12.1 Å². The number of likely N-dealkylation sites (tertiary alicyclic amines) is 1. The van der Waals surface area contributed by atoms with Gasteiger partial charge >= 0.3 is 5.97 Å². The maximum Gasteiger partial charge on any atom is 0.355 e. The summed E-state index contributed by atoms with van der Waals surface area (Å²) in [6.45, 7) is 0.628. The molecule has 1 aliphatic carbocycles. The fraction of sp³-hybridized carbons (Fsp3) is 0.538. The monoisotopic (exact) mass is 263 g/mol. The zero-order valence-electron chi connectivity index (χ0n) is 10.8. The quantitative estimate of drug-likeness (QED) is 0.818. The van der Waals surface area contributed by atoms with Gasteiger partial charge < -0.3 is 19.9 Å². The average Bonchev–Trinajstić information content (AvgIpc) is 3.09. The summed E-state index contributed by atoms with van der Waals surface area (Å²) in [6.07, 6.45) is 3.78. The third-order valence-corrected chi connectivity index (χ3v) is 3.65. The molecule has 0 spiro atoms. The van der Waals surface area contributed by atoms with Gasteiger partial charge in [-0.1, -0.05) is 0 Å². The van der Waals surface area contributed by atoms with Crippen LogP contribution < -0.4 is 5.73 Å². The van der Waals surface area contributed by atoms with E-state index in [9.17, 15) is 9.59 Å². The van der Waals surface area contributed by atoms with E-state index >= 15 is 0 Å². The molecule has 1 saturated heterocycles. The van der Waals surface area contributed by atoms with Crippen molar-refractivity contribution in [3.63, 3.8) is 0 Å². The largest absolute Gasteiger partial charge is 0.448 e. The molecule has 0 aromatic carbocycles. The van der Waals surface area contributed by atoms with Crippen LogP contribution >= 0.6 is 0 Å². The molecular weight excluding hydrogens is 246 g/mol. The summed E-state index contributed by atoms with van der Waals surface area (Å²) < 4.78 is 7.17. The fourth-order valence-corrected chi connectivity index (χ4v) is 2.41. The second-order valence-corrected chi connectivity index (χ2v) is 5.24. The normalized spacial score (nSPS) is 22.9. The first-order valence-electron chi connectivity index (χ1n) is 6.49. The first-order valence-corrected chi connectivity index (χ1v) is 6.49. The highest BCUT2D eigenvalue weighted by atomic mass is 16.5. The molecule has 102 valence electrons. The average molecular weight is 263 g/mol. The fourth-order valence-electron chi connectivity index (χ4n) is 2.41. The topological polar surface area (TPSA) is 77.6 Å². The van der Waals surface area contributed by atoms with Gasteiger partial charge in [0.25, 0.3) is 5.91 Å². The zero-order chi connectivity index (χ0) is 13.6. The van der Waals surface area contributed by atoms with Crippen LogP contribution in [0.25, 0.3) is 0 Å². The number of nitrogens with two attached hydrogens (primary N) is 1. The summed E-state index contributed by atoms with van der Waals surface area (Å²) in [5, 5.41) is 0. The van der Waals surface area contributed by atoms with Gasteiger partial charge in [0.1, 0.15) is 5.69 Å². The highest BCUT2D eigenvalue weighted by molar-refractivity contribution is 5.92. The minimum absolute atomic E-state index is 0.133. The molecule has 3 rings (SSSR count). The number of ether oxygens (including phenoxy) is 1. The van der Waals surface area contributed by atoms with Crippen molar-refractivity contribution in [1.82, 2.24) is 9.47 Å². The van der Waals surface area contributed by atoms with E-state index in [-0.39, 0.29) is 5.91 Å². The molecule has 1 amide bonds. The molecule has 1 aliphatic heterocycles. The van der Waals surface area contributed by atoms with Crippen LogP contribution in [-0.2, 0) is 9.53 Å². The molecule has 1 aromatic heterocycles. The van der Waals surface area contributed by atoms with E-state index in [1.807, 2.05) is 4.57 Å². The Morgan fingerprint density at radius 1 is 1.42 bits per heavy atom. The summed E-state index contributed by atoms with van der Waals surface area (Å²) in [6, 6.07) is 1.96. The molecule has 19 heavy (non-hydrogen) atoms. The van der Waals surface area contributed by atoms with Crippen molar-refractivity contribution in [2.75, 3.05) is 19.3 Å². The molecule has 1 saturated carbocycles. The predicted molar refractivity (Wildman–Crippen MR) is 68.6 cm³/mol. The number of carbonyl (C=O) groups is 2. The van der Waals surface area contributed by atoms with E-state index in [0.29, 0.717) is 30.4 Å². The van der Waals surface area contributed by atoms with E-state index in [1.54, 1.807) is 24.2 Å². The predicted octanol–water partition coefficient (Wildman–Crippen LogP) is 0.793. The lowest BCUT2D eigenvalue weighted by molar-refractivity contribution is -0.133. The van der Waals surface area contributed by atoms with E-state index in [1.165, 1.54) is 0 Å². The van der Waals surface area contributed by atoms with Crippen LogP contribution in [-0.4, -0.2) is 41.0 Å². The van der Waals surface area contributed by atoms with Crippen LogP contribution in [0.1, 0.15) is 35.8 Å². The molecule has 6 heteroatoms. The van der Waals surface area contributed by atoms with Crippen LogP contribution in [0.4, 0.5) is 5.69 Å². The number of amides is 1. The summed E-state index contributed by atoms with van der Waals surface area (Å²) in [5.41, 5.74) is 6.73. The molecule has 2 heterocycles. The molecule has 1 atom stereocenters. The van der Waals surface area contributed by atoms with Crippen LogP contribution in [0.2, 0.25) is 0 Å². The lowest BCUT2D eigenvalue weighted by Crippen LogP contribution is -2.29. The molecule has 1 aromatic rings. The summed E-state index contributed by atoms with van der Waals surface area (Å²) >= 11 is 0. The van der Waals surface area contributed by atoms with Gasteiger partial charge in [0.2, 0.25) is 0 Å². The molecule has 0 radical (unpaired) electrons. The highest BCUT2D eigenvalue weighted by Crippen LogP contribution is 2.37. The molecule has 2 fully saturated rings. The molecule has 2 N–H and O–H groups in total. The van der Waals surface area contributed by atoms with Gasteiger partial charge in [-0.05, 0) is 18.9 Å². The Labute approximate surface area is 111 Å². The van der Waals surface area contributed by atoms with Crippen molar-refractivity contribution in [1.29, 1.82) is 0 Å². The SMILES string of the molecule is CN1CCC(OC(=O)c2cc(N)cn2C2CC2)C1=O. The smallest absolute Gasteiger partial charge is 0.355 e. The summed E-state index contributed by atoms with van der Waals surface area (Å²) in [5.74, 6) is -0.594. The summed E-state index contributed by atoms with van der Waals surface area (Å²) in [4.78, 5) is 25.5. The van der Waals surface area contributed by atoms with Gasteiger partial charge in [0.15, 0.2) is 6.10 Å². The van der Waals surface area contributed by atoms with Gasteiger partial charge in [0, 0.05) is 32.3 Å². The van der Waals surface area contributed by atoms with Gasteiger partial charge in [0.05, 0.1) is 5.69 Å². The van der Waals surface area contributed by atoms with Gasteiger partial charge in [-0.2, -0.15) is 0 Å². The first-order chi connectivity index (χ1) is 9.06. The number of anilines is 1. The van der Waals surface area contributed by atoms with Crippen LogP contribution in [0, 0.1) is 0 Å². The molecular formula is C13H17N3O3. The number of nitrogen functional groups attached to an aromatic ring is 1. The van der Waals surface area contributed by atoms with Crippen LogP contribution in [0.5, 0.6) is 0 Å².